The molecule has 5 heteroatoms. The fourth-order valence-corrected chi connectivity index (χ4v) is 1.80. The van der Waals surface area contributed by atoms with E-state index in [1.807, 2.05) is 19.4 Å². The van der Waals surface area contributed by atoms with Gasteiger partial charge in [-0.05, 0) is 12.8 Å². The van der Waals surface area contributed by atoms with E-state index in [9.17, 15) is 0 Å². The van der Waals surface area contributed by atoms with Gasteiger partial charge in [0.25, 0.3) is 0 Å². The lowest BCUT2D eigenvalue weighted by Crippen LogP contribution is -2.14. The van der Waals surface area contributed by atoms with Crippen molar-refractivity contribution >= 4 is 5.95 Å². The highest BCUT2D eigenvalue weighted by molar-refractivity contribution is 5.28. The summed E-state index contributed by atoms with van der Waals surface area (Å²) in [6.45, 7) is 9.16. The molecule has 0 amide bonds. The van der Waals surface area contributed by atoms with Gasteiger partial charge >= 0.3 is 0 Å². The molecule has 0 saturated carbocycles. The van der Waals surface area contributed by atoms with Crippen LogP contribution < -0.4 is 5.32 Å². The molecule has 18 heavy (non-hydrogen) atoms. The lowest BCUT2D eigenvalue weighted by Gasteiger charge is -2.11. The number of aromatic nitrogens is 4. The van der Waals surface area contributed by atoms with E-state index in [2.05, 4.69) is 44.5 Å². The summed E-state index contributed by atoms with van der Waals surface area (Å²) in [6, 6.07) is 0. The standard InChI is InChI=1S/C13H21N5/c1-11(2)8-15-13-16-12(3)9-18(13)7-6-17-5-4-14-10-17/h4-5,9-11H,6-8H2,1-3H3,(H,15,16). The fraction of sp³-hybridized carbons (Fsp3) is 0.538. The SMILES string of the molecule is Cc1cn(CCn2ccnc2)c(NCC(C)C)n1. The zero-order chi connectivity index (χ0) is 13.0. The molecule has 0 saturated heterocycles. The number of hydrogen-bond acceptors (Lipinski definition) is 3. The van der Waals surface area contributed by atoms with Gasteiger partial charge in [0.05, 0.1) is 12.0 Å². The van der Waals surface area contributed by atoms with Crippen LogP contribution in [0.2, 0.25) is 0 Å². The molecule has 5 nitrogen and oxygen atoms in total. The van der Waals surface area contributed by atoms with Gasteiger partial charge in [0.2, 0.25) is 5.95 Å². The Bertz CT molecular complexity index is 470. The van der Waals surface area contributed by atoms with Crippen LogP contribution >= 0.6 is 0 Å². The van der Waals surface area contributed by atoms with E-state index in [1.54, 1.807) is 6.20 Å². The van der Waals surface area contributed by atoms with Gasteiger partial charge in [0.15, 0.2) is 0 Å². The van der Waals surface area contributed by atoms with Gasteiger partial charge in [0, 0.05) is 38.2 Å². The van der Waals surface area contributed by atoms with Crippen molar-refractivity contribution < 1.29 is 0 Å². The third kappa shape index (κ3) is 3.35. The van der Waals surface area contributed by atoms with Crippen molar-refractivity contribution in [3.05, 3.63) is 30.6 Å². The van der Waals surface area contributed by atoms with Crippen LogP contribution in [0.1, 0.15) is 19.5 Å². The third-order valence-corrected chi connectivity index (χ3v) is 2.72. The first-order valence-electron chi connectivity index (χ1n) is 6.38. The summed E-state index contributed by atoms with van der Waals surface area (Å²) in [5.74, 6) is 1.57. The molecule has 1 N–H and O–H groups in total. The summed E-state index contributed by atoms with van der Waals surface area (Å²) < 4.78 is 4.24. The number of hydrogen-bond donors (Lipinski definition) is 1. The van der Waals surface area contributed by atoms with Crippen LogP contribution in [0.4, 0.5) is 5.95 Å². The van der Waals surface area contributed by atoms with Gasteiger partial charge < -0.3 is 14.5 Å². The second kappa shape index (κ2) is 5.71. The molecule has 2 heterocycles. The van der Waals surface area contributed by atoms with Crippen LogP contribution in [0.15, 0.2) is 24.9 Å². The molecule has 0 bridgehead atoms. The van der Waals surface area contributed by atoms with E-state index >= 15 is 0 Å². The smallest absolute Gasteiger partial charge is 0.203 e. The van der Waals surface area contributed by atoms with Crippen molar-refractivity contribution in [2.24, 2.45) is 5.92 Å². The number of imidazole rings is 2. The second-order valence-corrected chi connectivity index (χ2v) is 4.97. The molecule has 0 spiro atoms. The van der Waals surface area contributed by atoms with Crippen molar-refractivity contribution in [3.8, 4) is 0 Å². The van der Waals surface area contributed by atoms with Crippen molar-refractivity contribution in [1.29, 1.82) is 0 Å². The molecule has 2 aromatic heterocycles. The first-order chi connectivity index (χ1) is 8.65. The monoisotopic (exact) mass is 247 g/mol. The summed E-state index contributed by atoms with van der Waals surface area (Å²) in [5, 5.41) is 3.39. The van der Waals surface area contributed by atoms with Gasteiger partial charge in [-0.25, -0.2) is 9.97 Å². The molecule has 0 aromatic carbocycles. The van der Waals surface area contributed by atoms with Crippen molar-refractivity contribution in [2.75, 3.05) is 11.9 Å². The number of rotatable bonds is 6. The van der Waals surface area contributed by atoms with Gasteiger partial charge in [-0.1, -0.05) is 13.8 Å². The van der Waals surface area contributed by atoms with Crippen LogP contribution in [-0.4, -0.2) is 25.6 Å². The Labute approximate surface area is 108 Å². The zero-order valence-corrected chi connectivity index (χ0v) is 11.3. The van der Waals surface area contributed by atoms with E-state index in [1.165, 1.54) is 0 Å². The molecule has 0 atom stereocenters. The topological polar surface area (TPSA) is 47.7 Å². The lowest BCUT2D eigenvalue weighted by atomic mass is 10.2. The summed E-state index contributed by atoms with van der Waals surface area (Å²) in [6.07, 6.45) is 7.70. The van der Waals surface area contributed by atoms with Gasteiger partial charge in [-0.2, -0.15) is 0 Å². The highest BCUT2D eigenvalue weighted by Crippen LogP contribution is 2.09. The minimum Gasteiger partial charge on any atom is -0.355 e. The Balaban J connectivity index is 1.98. The first kappa shape index (κ1) is 12.7. The molecular formula is C13H21N5. The van der Waals surface area contributed by atoms with Gasteiger partial charge in [-0.15, -0.1) is 0 Å². The number of nitrogens with zero attached hydrogens (tertiary/aromatic N) is 4. The largest absolute Gasteiger partial charge is 0.355 e. The predicted molar refractivity (Wildman–Crippen MR) is 72.5 cm³/mol. The van der Waals surface area contributed by atoms with Crippen molar-refractivity contribution in [1.82, 2.24) is 19.1 Å². The van der Waals surface area contributed by atoms with Crippen molar-refractivity contribution in [3.63, 3.8) is 0 Å². The number of nitrogens with one attached hydrogen (secondary N) is 1. The third-order valence-electron chi connectivity index (χ3n) is 2.72. The van der Waals surface area contributed by atoms with Crippen LogP contribution in [0.3, 0.4) is 0 Å². The Hall–Kier alpha value is -1.78. The fourth-order valence-electron chi connectivity index (χ4n) is 1.80. The maximum atomic E-state index is 4.51. The Morgan fingerprint density at radius 2 is 2.17 bits per heavy atom. The van der Waals surface area contributed by atoms with Crippen molar-refractivity contribution in [2.45, 2.75) is 33.9 Å². The molecule has 0 radical (unpaired) electrons. The summed E-state index contributed by atoms with van der Waals surface area (Å²) >= 11 is 0. The highest BCUT2D eigenvalue weighted by Gasteiger charge is 2.05. The molecule has 0 aliphatic heterocycles. The average Bonchev–Trinajstić information content (AvgIpc) is 2.92. The predicted octanol–water partition coefficient (Wildman–Crippen LogP) is 2.16. The molecule has 2 rings (SSSR count). The van der Waals surface area contributed by atoms with Gasteiger partial charge in [-0.3, -0.25) is 0 Å². The normalized spacial score (nSPS) is 11.1. The lowest BCUT2D eigenvalue weighted by molar-refractivity contribution is 0.578. The van der Waals surface area contributed by atoms with E-state index in [4.69, 9.17) is 0 Å². The Morgan fingerprint density at radius 3 is 2.83 bits per heavy atom. The van der Waals surface area contributed by atoms with Crippen LogP contribution in [0, 0.1) is 12.8 Å². The second-order valence-electron chi connectivity index (χ2n) is 4.97. The minimum atomic E-state index is 0.615. The quantitative estimate of drug-likeness (QED) is 0.851. The summed E-state index contributed by atoms with van der Waals surface area (Å²) in [4.78, 5) is 8.55. The molecular weight excluding hydrogens is 226 g/mol. The van der Waals surface area contributed by atoms with E-state index in [0.29, 0.717) is 5.92 Å². The molecule has 0 fully saturated rings. The number of anilines is 1. The van der Waals surface area contributed by atoms with E-state index in [0.717, 1.165) is 31.3 Å². The van der Waals surface area contributed by atoms with E-state index < -0.39 is 0 Å². The zero-order valence-electron chi connectivity index (χ0n) is 11.3. The average molecular weight is 247 g/mol. The van der Waals surface area contributed by atoms with Gasteiger partial charge in [0.1, 0.15) is 0 Å². The first-order valence-corrected chi connectivity index (χ1v) is 6.38. The molecule has 0 aliphatic rings. The molecule has 0 aliphatic carbocycles. The van der Waals surface area contributed by atoms with Crippen LogP contribution in [-0.2, 0) is 13.1 Å². The van der Waals surface area contributed by atoms with Crippen LogP contribution in [0.25, 0.3) is 0 Å². The molecule has 0 unspecified atom stereocenters. The molecule has 98 valence electrons. The summed E-state index contributed by atoms with van der Waals surface area (Å²) in [7, 11) is 0. The summed E-state index contributed by atoms with van der Waals surface area (Å²) in [5.41, 5.74) is 1.05. The Morgan fingerprint density at radius 1 is 1.33 bits per heavy atom. The molecule has 2 aromatic rings. The van der Waals surface area contributed by atoms with Crippen LogP contribution in [0.5, 0.6) is 0 Å². The van der Waals surface area contributed by atoms with E-state index in [-0.39, 0.29) is 0 Å². The minimum absolute atomic E-state index is 0.615. The Kier molecular flexibility index (Phi) is 4.02. The number of aryl methyl sites for hydroxylation is 3. The highest BCUT2D eigenvalue weighted by atomic mass is 15.2. The maximum absolute atomic E-state index is 4.51. The maximum Gasteiger partial charge on any atom is 0.203 e.